The molecule has 0 bridgehead atoms. The summed E-state index contributed by atoms with van der Waals surface area (Å²) < 4.78 is 13.2. The zero-order valence-electron chi connectivity index (χ0n) is 15.3. The number of amides is 2. The van der Waals surface area contributed by atoms with Crippen molar-refractivity contribution >= 4 is 39.9 Å². The monoisotopic (exact) mass is 424 g/mol. The van der Waals surface area contributed by atoms with Crippen LogP contribution in [0.1, 0.15) is 31.2 Å². The molecule has 1 saturated heterocycles. The van der Waals surface area contributed by atoms with Gasteiger partial charge in [-0.3, -0.25) is 14.5 Å². The SMILES string of the molecule is O=C(CCC(=O)NC1CCCN(Cc2ccc(F)cc2Cl)C1)Nc1nccs1. The number of likely N-dealkylation sites (tertiary alicyclic amines) is 1. The molecular weight excluding hydrogens is 403 g/mol. The van der Waals surface area contributed by atoms with E-state index >= 15 is 0 Å². The maximum atomic E-state index is 13.2. The topological polar surface area (TPSA) is 74.3 Å². The second-order valence-corrected chi connectivity index (χ2v) is 8.06. The predicted molar refractivity (Wildman–Crippen MR) is 108 cm³/mol. The van der Waals surface area contributed by atoms with E-state index in [1.807, 2.05) is 0 Å². The molecule has 1 fully saturated rings. The molecule has 2 amide bonds. The number of hydrogen-bond acceptors (Lipinski definition) is 5. The van der Waals surface area contributed by atoms with Gasteiger partial charge in [0.05, 0.1) is 0 Å². The number of thiazole rings is 1. The van der Waals surface area contributed by atoms with Gasteiger partial charge in [-0.05, 0) is 37.1 Å². The number of carbonyl (C=O) groups is 2. The molecule has 1 aliphatic rings. The van der Waals surface area contributed by atoms with E-state index in [0.29, 0.717) is 23.2 Å². The molecule has 1 aromatic carbocycles. The first-order valence-corrected chi connectivity index (χ1v) is 10.4. The largest absolute Gasteiger partial charge is 0.352 e. The highest BCUT2D eigenvalue weighted by Gasteiger charge is 2.22. The van der Waals surface area contributed by atoms with Gasteiger partial charge >= 0.3 is 0 Å². The van der Waals surface area contributed by atoms with Gasteiger partial charge in [-0.1, -0.05) is 17.7 Å². The lowest BCUT2D eigenvalue weighted by Crippen LogP contribution is -2.47. The van der Waals surface area contributed by atoms with Crippen molar-refractivity contribution in [3.63, 3.8) is 0 Å². The Morgan fingerprint density at radius 2 is 2.14 bits per heavy atom. The molecule has 0 spiro atoms. The maximum absolute atomic E-state index is 13.2. The minimum absolute atomic E-state index is 0.0301. The van der Waals surface area contributed by atoms with E-state index in [1.165, 1.54) is 23.5 Å². The van der Waals surface area contributed by atoms with Crippen LogP contribution in [-0.2, 0) is 16.1 Å². The van der Waals surface area contributed by atoms with E-state index < -0.39 is 0 Å². The number of piperidine rings is 1. The van der Waals surface area contributed by atoms with Gasteiger partial charge in [0.1, 0.15) is 5.82 Å². The number of anilines is 1. The maximum Gasteiger partial charge on any atom is 0.226 e. The third kappa shape index (κ3) is 6.25. The average molecular weight is 425 g/mol. The summed E-state index contributed by atoms with van der Waals surface area (Å²) in [5.74, 6) is -0.710. The Bertz CT molecular complexity index is 818. The molecule has 28 heavy (non-hydrogen) atoms. The highest BCUT2D eigenvalue weighted by molar-refractivity contribution is 7.13. The Labute approximate surface area is 172 Å². The Kier molecular flexibility index (Phi) is 7.36. The summed E-state index contributed by atoms with van der Waals surface area (Å²) in [6, 6.07) is 4.45. The van der Waals surface area contributed by atoms with Gasteiger partial charge in [0.2, 0.25) is 11.8 Å². The fourth-order valence-corrected chi connectivity index (χ4v) is 3.97. The van der Waals surface area contributed by atoms with Crippen molar-refractivity contribution in [3.05, 3.63) is 46.2 Å². The lowest BCUT2D eigenvalue weighted by molar-refractivity contribution is -0.125. The van der Waals surface area contributed by atoms with Crippen molar-refractivity contribution in [2.75, 3.05) is 18.4 Å². The van der Waals surface area contributed by atoms with Crippen LogP contribution in [0.2, 0.25) is 5.02 Å². The highest BCUT2D eigenvalue weighted by Crippen LogP contribution is 2.21. The predicted octanol–water partition coefficient (Wildman–Crippen LogP) is 3.44. The van der Waals surface area contributed by atoms with Gasteiger partial charge in [-0.15, -0.1) is 11.3 Å². The van der Waals surface area contributed by atoms with Crippen LogP contribution in [0.4, 0.5) is 9.52 Å². The molecule has 0 aliphatic carbocycles. The van der Waals surface area contributed by atoms with Gasteiger partial charge in [-0.25, -0.2) is 9.37 Å². The molecular formula is C19H22ClFN4O2S. The van der Waals surface area contributed by atoms with Crippen molar-refractivity contribution in [3.8, 4) is 0 Å². The minimum atomic E-state index is -0.351. The van der Waals surface area contributed by atoms with E-state index in [9.17, 15) is 14.0 Å². The molecule has 9 heteroatoms. The lowest BCUT2D eigenvalue weighted by atomic mass is 10.0. The Morgan fingerprint density at radius 3 is 2.89 bits per heavy atom. The van der Waals surface area contributed by atoms with Gasteiger partial charge < -0.3 is 10.6 Å². The molecule has 3 rings (SSSR count). The smallest absolute Gasteiger partial charge is 0.226 e. The third-order valence-corrected chi connectivity index (χ3v) is 5.58. The fourth-order valence-electron chi connectivity index (χ4n) is 3.20. The van der Waals surface area contributed by atoms with Gasteiger partial charge in [0.25, 0.3) is 0 Å². The molecule has 1 aromatic heterocycles. The van der Waals surface area contributed by atoms with E-state index in [-0.39, 0.29) is 36.5 Å². The highest BCUT2D eigenvalue weighted by atomic mass is 35.5. The van der Waals surface area contributed by atoms with Crippen LogP contribution < -0.4 is 10.6 Å². The summed E-state index contributed by atoms with van der Waals surface area (Å²) in [6.45, 7) is 2.21. The van der Waals surface area contributed by atoms with E-state index in [0.717, 1.165) is 24.9 Å². The summed E-state index contributed by atoms with van der Waals surface area (Å²) in [5.41, 5.74) is 0.869. The van der Waals surface area contributed by atoms with Crippen molar-refractivity contribution in [1.29, 1.82) is 0 Å². The molecule has 6 nitrogen and oxygen atoms in total. The van der Waals surface area contributed by atoms with Crippen molar-refractivity contribution < 1.29 is 14.0 Å². The van der Waals surface area contributed by atoms with Gasteiger partial charge in [0.15, 0.2) is 5.13 Å². The molecule has 1 unspecified atom stereocenters. The molecule has 1 aliphatic heterocycles. The van der Waals surface area contributed by atoms with E-state index in [4.69, 9.17) is 11.6 Å². The normalized spacial score (nSPS) is 17.3. The van der Waals surface area contributed by atoms with Gasteiger partial charge in [-0.2, -0.15) is 0 Å². The number of benzene rings is 1. The summed E-state index contributed by atoms with van der Waals surface area (Å²) in [5, 5.41) is 8.39. The molecule has 2 aromatic rings. The minimum Gasteiger partial charge on any atom is -0.352 e. The second kappa shape index (κ2) is 9.95. The van der Waals surface area contributed by atoms with Gasteiger partial charge in [0, 0.05) is 48.6 Å². The van der Waals surface area contributed by atoms with Crippen molar-refractivity contribution in [1.82, 2.24) is 15.2 Å². The van der Waals surface area contributed by atoms with Crippen molar-refractivity contribution in [2.24, 2.45) is 0 Å². The Hall–Kier alpha value is -2.03. The summed E-state index contributed by atoms with van der Waals surface area (Å²) in [6.07, 6.45) is 3.71. The summed E-state index contributed by atoms with van der Waals surface area (Å²) >= 11 is 7.45. The fraction of sp³-hybridized carbons (Fsp3) is 0.421. The standard InChI is InChI=1S/C19H22ClFN4O2S/c20-16-10-14(21)4-3-13(16)11-25-8-1-2-15(12-25)23-17(26)5-6-18(27)24-19-22-7-9-28-19/h3-4,7,9-10,15H,1-2,5-6,8,11-12H2,(H,23,26)(H,22,24,27). The first kappa shape index (κ1) is 20.7. The van der Waals surface area contributed by atoms with Crippen LogP contribution >= 0.6 is 22.9 Å². The molecule has 1 atom stereocenters. The second-order valence-electron chi connectivity index (χ2n) is 6.76. The zero-order chi connectivity index (χ0) is 19.9. The third-order valence-electron chi connectivity index (χ3n) is 4.54. The van der Waals surface area contributed by atoms with Crippen LogP contribution in [0.3, 0.4) is 0 Å². The summed E-state index contributed by atoms with van der Waals surface area (Å²) in [7, 11) is 0. The van der Waals surface area contributed by atoms with Crippen LogP contribution in [0, 0.1) is 5.82 Å². The Morgan fingerprint density at radius 1 is 1.32 bits per heavy atom. The Balaban J connectivity index is 1.42. The van der Waals surface area contributed by atoms with E-state index in [2.05, 4.69) is 20.5 Å². The van der Waals surface area contributed by atoms with Crippen LogP contribution in [-0.4, -0.2) is 40.8 Å². The van der Waals surface area contributed by atoms with Crippen LogP contribution in [0.5, 0.6) is 0 Å². The first-order chi connectivity index (χ1) is 13.5. The molecule has 2 N–H and O–H groups in total. The lowest BCUT2D eigenvalue weighted by Gasteiger charge is -2.33. The van der Waals surface area contributed by atoms with Crippen LogP contribution in [0.25, 0.3) is 0 Å². The number of nitrogens with zero attached hydrogens (tertiary/aromatic N) is 2. The number of rotatable bonds is 7. The number of carbonyl (C=O) groups excluding carboxylic acids is 2. The quantitative estimate of drug-likeness (QED) is 0.714. The molecule has 150 valence electrons. The molecule has 2 heterocycles. The number of nitrogens with one attached hydrogen (secondary N) is 2. The van der Waals surface area contributed by atoms with Crippen molar-refractivity contribution in [2.45, 2.75) is 38.3 Å². The number of hydrogen-bond donors (Lipinski definition) is 2. The number of halogens is 2. The molecule has 0 radical (unpaired) electrons. The average Bonchev–Trinajstić information content (AvgIpc) is 3.16. The van der Waals surface area contributed by atoms with E-state index in [1.54, 1.807) is 17.6 Å². The summed E-state index contributed by atoms with van der Waals surface area (Å²) in [4.78, 5) is 30.2. The first-order valence-electron chi connectivity index (χ1n) is 9.14. The molecule has 0 saturated carbocycles. The van der Waals surface area contributed by atoms with Crippen LogP contribution in [0.15, 0.2) is 29.8 Å². The zero-order valence-corrected chi connectivity index (χ0v) is 16.9. The number of aromatic nitrogens is 1.